The highest BCUT2D eigenvalue weighted by atomic mass is 16.5. The van der Waals surface area contributed by atoms with Crippen LogP contribution >= 0.6 is 0 Å². The third kappa shape index (κ3) is 4.95. The van der Waals surface area contributed by atoms with Gasteiger partial charge in [-0.1, -0.05) is 26.0 Å². The monoisotopic (exact) mass is 349 g/mol. The van der Waals surface area contributed by atoms with Gasteiger partial charge in [0.2, 0.25) is 0 Å². The van der Waals surface area contributed by atoms with E-state index in [1.54, 1.807) is 21.0 Å². The van der Waals surface area contributed by atoms with Gasteiger partial charge in [-0.25, -0.2) is 0 Å². The molecular weight excluding hydrogens is 318 g/mol. The van der Waals surface area contributed by atoms with E-state index in [-0.39, 0.29) is 18.1 Å². The summed E-state index contributed by atoms with van der Waals surface area (Å²) in [4.78, 5) is 12.8. The molecule has 0 radical (unpaired) electrons. The highest BCUT2D eigenvalue weighted by Gasteiger charge is 2.35. The van der Waals surface area contributed by atoms with Gasteiger partial charge in [0, 0.05) is 13.7 Å². The van der Waals surface area contributed by atoms with Crippen molar-refractivity contribution in [3.8, 4) is 5.75 Å². The van der Waals surface area contributed by atoms with E-state index in [0.717, 1.165) is 23.3 Å². The third-order valence-electron chi connectivity index (χ3n) is 4.63. The average molecular weight is 349 g/mol. The molecule has 0 unspecified atom stereocenters. The number of hydrogen-bond acceptors (Lipinski definition) is 4. The quantitative estimate of drug-likeness (QED) is 0.857. The second-order valence-corrected chi connectivity index (χ2v) is 7.53. The summed E-state index contributed by atoms with van der Waals surface area (Å²) in [5, 5.41) is 3.07. The Hall–Kier alpha value is -1.59. The highest BCUT2D eigenvalue weighted by molar-refractivity contribution is 5.85. The molecule has 1 fully saturated rings. The van der Waals surface area contributed by atoms with Gasteiger partial charge < -0.3 is 19.5 Å². The van der Waals surface area contributed by atoms with Crippen LogP contribution in [0.5, 0.6) is 5.75 Å². The van der Waals surface area contributed by atoms with Gasteiger partial charge in [-0.15, -0.1) is 0 Å². The molecule has 1 aromatic rings. The SMILES string of the molecule is CO[C@@H]1COCC[C@H]1NC(=O)C(C)(C)Oc1cc(C)ccc1C(C)C. The number of amides is 1. The van der Waals surface area contributed by atoms with Crippen molar-refractivity contribution < 1.29 is 19.0 Å². The molecule has 2 rings (SSSR count). The van der Waals surface area contributed by atoms with Crippen molar-refractivity contribution in [3.05, 3.63) is 29.3 Å². The number of nitrogens with one attached hydrogen (secondary N) is 1. The van der Waals surface area contributed by atoms with Crippen molar-refractivity contribution in [1.82, 2.24) is 5.32 Å². The summed E-state index contributed by atoms with van der Waals surface area (Å²) in [6, 6.07) is 6.08. The number of aryl methyl sites for hydroxylation is 1. The standard InChI is InChI=1S/C20H31NO4/c1-13(2)15-8-7-14(3)11-17(15)25-20(4,5)19(22)21-16-9-10-24-12-18(16)23-6/h7-8,11,13,16,18H,9-10,12H2,1-6H3,(H,21,22)/t16-,18-/m1/s1. The molecule has 5 nitrogen and oxygen atoms in total. The van der Waals surface area contributed by atoms with Crippen LogP contribution in [0, 0.1) is 6.92 Å². The van der Waals surface area contributed by atoms with E-state index in [1.165, 1.54) is 0 Å². The summed E-state index contributed by atoms with van der Waals surface area (Å²) in [5.74, 6) is 0.950. The number of carbonyl (C=O) groups excluding carboxylic acids is 1. The maximum absolute atomic E-state index is 12.8. The molecule has 25 heavy (non-hydrogen) atoms. The first-order valence-corrected chi connectivity index (χ1v) is 8.95. The number of carbonyl (C=O) groups is 1. The van der Waals surface area contributed by atoms with E-state index in [1.807, 2.05) is 13.0 Å². The predicted molar refractivity (Wildman–Crippen MR) is 98.1 cm³/mol. The van der Waals surface area contributed by atoms with E-state index in [4.69, 9.17) is 14.2 Å². The molecule has 140 valence electrons. The minimum atomic E-state index is -0.978. The molecule has 0 spiro atoms. The highest BCUT2D eigenvalue weighted by Crippen LogP contribution is 2.30. The molecular formula is C20H31NO4. The summed E-state index contributed by atoms with van der Waals surface area (Å²) in [7, 11) is 1.64. The smallest absolute Gasteiger partial charge is 0.263 e. The third-order valence-corrected chi connectivity index (χ3v) is 4.63. The van der Waals surface area contributed by atoms with Crippen LogP contribution in [0.25, 0.3) is 0 Å². The van der Waals surface area contributed by atoms with Crippen LogP contribution in [0.15, 0.2) is 18.2 Å². The Bertz CT molecular complexity index is 597. The summed E-state index contributed by atoms with van der Waals surface area (Å²) < 4.78 is 17.0. The number of benzene rings is 1. The summed E-state index contributed by atoms with van der Waals surface area (Å²) in [6.07, 6.45) is 0.612. The molecule has 2 atom stereocenters. The van der Waals surface area contributed by atoms with Gasteiger partial charge >= 0.3 is 0 Å². The molecule has 0 saturated carbocycles. The topological polar surface area (TPSA) is 56.8 Å². The van der Waals surface area contributed by atoms with E-state index in [9.17, 15) is 4.79 Å². The van der Waals surface area contributed by atoms with E-state index in [2.05, 4.69) is 31.3 Å². The first kappa shape index (κ1) is 19.7. The predicted octanol–water partition coefficient (Wildman–Crippen LogP) is 3.20. The molecule has 0 aromatic heterocycles. The molecule has 5 heteroatoms. The lowest BCUT2D eigenvalue weighted by Gasteiger charge is -2.34. The van der Waals surface area contributed by atoms with E-state index < -0.39 is 5.60 Å². The Kier molecular flexibility index (Phi) is 6.47. The summed E-state index contributed by atoms with van der Waals surface area (Å²) in [5.41, 5.74) is 1.24. The van der Waals surface area contributed by atoms with Crippen molar-refractivity contribution in [3.63, 3.8) is 0 Å². The Balaban J connectivity index is 2.12. The Labute approximate surface area is 151 Å². The van der Waals surface area contributed by atoms with Gasteiger partial charge in [0.1, 0.15) is 11.9 Å². The van der Waals surface area contributed by atoms with Gasteiger partial charge in [0.15, 0.2) is 5.60 Å². The molecule has 1 N–H and O–H groups in total. The van der Waals surface area contributed by atoms with Gasteiger partial charge in [0.25, 0.3) is 5.91 Å². The van der Waals surface area contributed by atoms with Crippen LogP contribution < -0.4 is 10.1 Å². The van der Waals surface area contributed by atoms with Gasteiger partial charge in [-0.05, 0) is 50.3 Å². The molecule has 1 aliphatic rings. The van der Waals surface area contributed by atoms with E-state index in [0.29, 0.717) is 19.1 Å². The molecule has 0 aliphatic carbocycles. The lowest BCUT2D eigenvalue weighted by molar-refractivity contribution is -0.138. The maximum atomic E-state index is 12.8. The summed E-state index contributed by atoms with van der Waals surface area (Å²) in [6.45, 7) is 11.0. The Morgan fingerprint density at radius 3 is 2.72 bits per heavy atom. The van der Waals surface area contributed by atoms with Crippen molar-refractivity contribution >= 4 is 5.91 Å². The van der Waals surface area contributed by atoms with E-state index >= 15 is 0 Å². The van der Waals surface area contributed by atoms with Gasteiger partial charge in [0.05, 0.1) is 12.6 Å². The fourth-order valence-electron chi connectivity index (χ4n) is 2.98. The number of methoxy groups -OCH3 is 1. The number of ether oxygens (including phenoxy) is 3. The molecule has 1 heterocycles. The molecule has 0 bridgehead atoms. The maximum Gasteiger partial charge on any atom is 0.263 e. The zero-order valence-corrected chi connectivity index (χ0v) is 16.2. The van der Waals surface area contributed by atoms with Crippen LogP contribution in [-0.2, 0) is 14.3 Å². The molecule has 1 aliphatic heterocycles. The average Bonchev–Trinajstić information content (AvgIpc) is 2.54. The van der Waals surface area contributed by atoms with Gasteiger partial charge in [-0.2, -0.15) is 0 Å². The fraction of sp³-hybridized carbons (Fsp3) is 0.650. The van der Waals surface area contributed by atoms with Crippen molar-refractivity contribution in [1.29, 1.82) is 0 Å². The van der Waals surface area contributed by atoms with Gasteiger partial charge in [-0.3, -0.25) is 4.79 Å². The Morgan fingerprint density at radius 2 is 2.08 bits per heavy atom. The lowest BCUT2D eigenvalue weighted by Crippen LogP contribution is -2.56. The van der Waals surface area contributed by atoms with Crippen LogP contribution in [0.1, 0.15) is 51.2 Å². The number of rotatable bonds is 6. The molecule has 1 saturated heterocycles. The first-order chi connectivity index (χ1) is 11.7. The van der Waals surface area contributed by atoms with Crippen molar-refractivity contribution in [2.45, 2.75) is 64.7 Å². The second-order valence-electron chi connectivity index (χ2n) is 7.53. The Morgan fingerprint density at radius 1 is 1.36 bits per heavy atom. The summed E-state index contributed by atoms with van der Waals surface area (Å²) >= 11 is 0. The van der Waals surface area contributed by atoms with Crippen LogP contribution in [0.3, 0.4) is 0 Å². The minimum absolute atomic E-state index is 0.0591. The van der Waals surface area contributed by atoms with Crippen LogP contribution in [0.2, 0.25) is 0 Å². The molecule has 1 aromatic carbocycles. The largest absolute Gasteiger partial charge is 0.478 e. The second kappa shape index (κ2) is 8.19. The fourth-order valence-corrected chi connectivity index (χ4v) is 2.98. The normalized spacial score (nSPS) is 21.2. The molecule has 1 amide bonds. The first-order valence-electron chi connectivity index (χ1n) is 8.95. The number of hydrogen-bond donors (Lipinski definition) is 1. The zero-order chi connectivity index (χ0) is 18.6. The van der Waals surface area contributed by atoms with Crippen LogP contribution in [0.4, 0.5) is 0 Å². The van der Waals surface area contributed by atoms with Crippen LogP contribution in [-0.4, -0.2) is 44.0 Å². The van der Waals surface area contributed by atoms with Crippen molar-refractivity contribution in [2.75, 3.05) is 20.3 Å². The minimum Gasteiger partial charge on any atom is -0.478 e. The lowest BCUT2D eigenvalue weighted by atomic mass is 9.99. The zero-order valence-electron chi connectivity index (χ0n) is 16.2. The van der Waals surface area contributed by atoms with Crippen molar-refractivity contribution in [2.24, 2.45) is 0 Å².